The summed E-state index contributed by atoms with van der Waals surface area (Å²) in [5.74, 6) is 4.90. The summed E-state index contributed by atoms with van der Waals surface area (Å²) in [6.45, 7) is 2.06. The van der Waals surface area contributed by atoms with Gasteiger partial charge >= 0.3 is 5.97 Å². The molecule has 0 rings (SSSR count). The normalized spacial score (nSPS) is 13.8. The molecule has 0 bridgehead atoms. The average molecular weight is 527 g/mol. The van der Waals surface area contributed by atoms with Crippen molar-refractivity contribution in [3.05, 3.63) is 60.8 Å². The minimum atomic E-state index is -0.674. The molecular weight excluding hydrogens is 472 g/mol. The van der Waals surface area contributed by atoms with Gasteiger partial charge in [0.1, 0.15) is 6.10 Å². The number of allylic oxidation sites excluding steroid dienone is 7. The standard InChI is InChI=1S/C34H54O4/c1-2-3-22-27-32(35)29-24-20-21-25-30-33(36)28-23-18-16-14-12-10-8-6-4-5-7-9-11-13-15-17-19-26-31-34(37)38/h3,12,14,18,20-23,25,30,32-33,35-36H,2,4-11,13,15-17,19,26-28,31H2,1H3,(H,37,38)/b14-12-,21-20?,22-3?,23-18?,30-25?. The first-order valence-corrected chi connectivity index (χ1v) is 14.9. The highest BCUT2D eigenvalue weighted by atomic mass is 16.4. The molecule has 0 aliphatic rings. The smallest absolute Gasteiger partial charge is 0.303 e. The molecule has 2 unspecified atom stereocenters. The van der Waals surface area contributed by atoms with E-state index in [9.17, 15) is 15.0 Å². The van der Waals surface area contributed by atoms with Crippen molar-refractivity contribution in [3.8, 4) is 11.8 Å². The van der Waals surface area contributed by atoms with Crippen molar-refractivity contribution in [2.24, 2.45) is 0 Å². The van der Waals surface area contributed by atoms with Gasteiger partial charge in [0, 0.05) is 12.8 Å². The molecule has 0 radical (unpaired) electrons. The molecular formula is C34H54O4. The lowest BCUT2D eigenvalue weighted by molar-refractivity contribution is -0.137. The molecule has 0 amide bonds. The Balaban J connectivity index is 3.55. The summed E-state index contributed by atoms with van der Waals surface area (Å²) in [4.78, 5) is 10.5. The van der Waals surface area contributed by atoms with E-state index in [1.807, 2.05) is 18.2 Å². The van der Waals surface area contributed by atoms with E-state index in [0.717, 1.165) is 32.1 Å². The van der Waals surface area contributed by atoms with Crippen LogP contribution in [0.1, 0.15) is 122 Å². The SMILES string of the molecule is CCC=CCC(O)C#CC=CC=CC(O)CC=CC/C=C\CCCCCCCCCCCCCCC(=O)O. The average Bonchev–Trinajstić information content (AvgIpc) is 2.89. The number of aliphatic hydroxyl groups excluding tert-OH is 2. The molecule has 2 atom stereocenters. The van der Waals surface area contributed by atoms with Crippen molar-refractivity contribution < 1.29 is 20.1 Å². The summed E-state index contributed by atoms with van der Waals surface area (Å²) in [7, 11) is 0. The Kier molecular flexibility index (Phi) is 27.4. The van der Waals surface area contributed by atoms with Crippen LogP contribution < -0.4 is 0 Å². The number of aliphatic hydroxyl groups is 2. The van der Waals surface area contributed by atoms with Crippen LogP contribution in [0.5, 0.6) is 0 Å². The van der Waals surface area contributed by atoms with Gasteiger partial charge in [0.2, 0.25) is 0 Å². The van der Waals surface area contributed by atoms with Gasteiger partial charge in [-0.15, -0.1) is 0 Å². The van der Waals surface area contributed by atoms with Gasteiger partial charge in [-0.2, -0.15) is 0 Å². The number of hydrogen-bond donors (Lipinski definition) is 3. The lowest BCUT2D eigenvalue weighted by Gasteiger charge is -2.02. The summed E-state index contributed by atoms with van der Waals surface area (Å²) in [6, 6.07) is 0. The molecule has 214 valence electrons. The summed E-state index contributed by atoms with van der Waals surface area (Å²) in [5.41, 5.74) is 0. The minimum absolute atomic E-state index is 0.318. The number of hydrogen-bond acceptors (Lipinski definition) is 3. The highest BCUT2D eigenvalue weighted by Crippen LogP contribution is 2.13. The molecule has 0 fully saturated rings. The van der Waals surface area contributed by atoms with Crippen LogP contribution in [0.2, 0.25) is 0 Å². The number of carbonyl (C=O) groups is 1. The van der Waals surface area contributed by atoms with Crippen LogP contribution in [0.15, 0.2) is 60.8 Å². The van der Waals surface area contributed by atoms with Crippen LogP contribution in [-0.2, 0) is 4.79 Å². The quantitative estimate of drug-likeness (QED) is 0.0509. The topological polar surface area (TPSA) is 77.8 Å². The molecule has 0 aromatic heterocycles. The Bertz CT molecular complexity index is 748. The van der Waals surface area contributed by atoms with E-state index in [4.69, 9.17) is 5.11 Å². The van der Waals surface area contributed by atoms with E-state index in [0.29, 0.717) is 19.3 Å². The van der Waals surface area contributed by atoms with Crippen LogP contribution in [0, 0.1) is 11.8 Å². The monoisotopic (exact) mass is 526 g/mol. The Labute approximate surface area is 233 Å². The molecule has 0 saturated heterocycles. The first-order valence-electron chi connectivity index (χ1n) is 14.9. The van der Waals surface area contributed by atoms with E-state index in [1.54, 1.807) is 24.3 Å². The van der Waals surface area contributed by atoms with E-state index in [-0.39, 0.29) is 0 Å². The second-order valence-corrected chi connectivity index (χ2v) is 9.82. The fraction of sp³-hybridized carbons (Fsp3) is 0.618. The van der Waals surface area contributed by atoms with Gasteiger partial charge < -0.3 is 15.3 Å². The molecule has 0 aliphatic carbocycles. The lowest BCUT2D eigenvalue weighted by Crippen LogP contribution is -1.99. The molecule has 4 nitrogen and oxygen atoms in total. The predicted octanol–water partition coefficient (Wildman–Crippen LogP) is 8.62. The van der Waals surface area contributed by atoms with Gasteiger partial charge in [-0.25, -0.2) is 0 Å². The molecule has 0 saturated carbocycles. The first-order chi connectivity index (χ1) is 18.6. The zero-order valence-electron chi connectivity index (χ0n) is 23.9. The fourth-order valence-corrected chi connectivity index (χ4v) is 3.90. The Morgan fingerprint density at radius 3 is 1.92 bits per heavy atom. The molecule has 3 N–H and O–H groups in total. The highest BCUT2D eigenvalue weighted by molar-refractivity contribution is 5.66. The second-order valence-electron chi connectivity index (χ2n) is 9.82. The Morgan fingerprint density at radius 2 is 1.29 bits per heavy atom. The largest absolute Gasteiger partial charge is 0.481 e. The Hall–Kier alpha value is -2.35. The van der Waals surface area contributed by atoms with Crippen molar-refractivity contribution in [2.45, 2.75) is 135 Å². The van der Waals surface area contributed by atoms with Crippen molar-refractivity contribution in [2.75, 3.05) is 0 Å². The van der Waals surface area contributed by atoms with E-state index in [2.05, 4.69) is 37.0 Å². The second kappa shape index (κ2) is 29.2. The molecule has 4 heteroatoms. The van der Waals surface area contributed by atoms with Gasteiger partial charge in [0.05, 0.1) is 6.10 Å². The van der Waals surface area contributed by atoms with Gasteiger partial charge in [0.25, 0.3) is 0 Å². The van der Waals surface area contributed by atoms with Crippen molar-refractivity contribution in [1.82, 2.24) is 0 Å². The molecule has 0 aromatic carbocycles. The predicted molar refractivity (Wildman–Crippen MR) is 162 cm³/mol. The van der Waals surface area contributed by atoms with Gasteiger partial charge in [-0.1, -0.05) is 138 Å². The number of rotatable bonds is 24. The third-order valence-corrected chi connectivity index (χ3v) is 6.13. The summed E-state index contributed by atoms with van der Waals surface area (Å²) < 4.78 is 0. The van der Waals surface area contributed by atoms with Gasteiger partial charge in [-0.3, -0.25) is 4.79 Å². The van der Waals surface area contributed by atoms with E-state index in [1.165, 1.54) is 64.2 Å². The van der Waals surface area contributed by atoms with Gasteiger partial charge in [-0.05, 0) is 44.6 Å². The fourth-order valence-electron chi connectivity index (χ4n) is 3.90. The van der Waals surface area contributed by atoms with Crippen LogP contribution in [0.25, 0.3) is 0 Å². The summed E-state index contributed by atoms with van der Waals surface area (Å²) in [6.07, 6.45) is 37.7. The van der Waals surface area contributed by atoms with Crippen molar-refractivity contribution >= 4 is 5.97 Å². The van der Waals surface area contributed by atoms with Crippen LogP contribution in [0.3, 0.4) is 0 Å². The number of aliphatic carboxylic acids is 1. The molecule has 0 heterocycles. The van der Waals surface area contributed by atoms with Crippen molar-refractivity contribution in [3.63, 3.8) is 0 Å². The number of unbranched alkanes of at least 4 members (excludes halogenated alkanes) is 12. The third kappa shape index (κ3) is 29.9. The van der Waals surface area contributed by atoms with E-state index < -0.39 is 18.2 Å². The van der Waals surface area contributed by atoms with Crippen molar-refractivity contribution in [1.29, 1.82) is 0 Å². The minimum Gasteiger partial charge on any atom is -0.481 e. The maximum absolute atomic E-state index is 10.5. The maximum Gasteiger partial charge on any atom is 0.303 e. The highest BCUT2D eigenvalue weighted by Gasteiger charge is 1.97. The summed E-state index contributed by atoms with van der Waals surface area (Å²) in [5, 5.41) is 28.3. The lowest BCUT2D eigenvalue weighted by atomic mass is 10.0. The molecule has 0 aliphatic heterocycles. The zero-order valence-corrected chi connectivity index (χ0v) is 23.9. The van der Waals surface area contributed by atoms with Gasteiger partial charge in [0.15, 0.2) is 0 Å². The maximum atomic E-state index is 10.5. The zero-order chi connectivity index (χ0) is 27.9. The molecule has 0 aromatic rings. The van der Waals surface area contributed by atoms with Crippen LogP contribution in [0.4, 0.5) is 0 Å². The first kappa shape index (κ1) is 35.6. The number of carboxylic acid groups (broad SMARTS) is 1. The number of carboxylic acids is 1. The summed E-state index contributed by atoms with van der Waals surface area (Å²) >= 11 is 0. The van der Waals surface area contributed by atoms with E-state index >= 15 is 0 Å². The molecule has 38 heavy (non-hydrogen) atoms. The Morgan fingerprint density at radius 1 is 0.711 bits per heavy atom. The molecule has 0 spiro atoms. The van der Waals surface area contributed by atoms with Crippen LogP contribution >= 0.6 is 0 Å². The van der Waals surface area contributed by atoms with Crippen LogP contribution in [-0.4, -0.2) is 33.5 Å². The third-order valence-electron chi connectivity index (χ3n) is 6.13.